The molecule has 18 heavy (non-hydrogen) atoms. The summed E-state index contributed by atoms with van der Waals surface area (Å²) in [4.78, 5) is 0. The predicted octanol–water partition coefficient (Wildman–Crippen LogP) is 4.38. The van der Waals surface area contributed by atoms with Crippen molar-refractivity contribution in [3.63, 3.8) is 0 Å². The molecule has 0 aliphatic heterocycles. The van der Waals surface area contributed by atoms with E-state index in [4.69, 9.17) is 0 Å². The van der Waals surface area contributed by atoms with E-state index in [2.05, 4.69) is 53.3 Å². The number of benzene rings is 2. The van der Waals surface area contributed by atoms with Crippen molar-refractivity contribution in [2.45, 2.75) is 20.4 Å². The zero-order valence-electron chi connectivity index (χ0n) is 10.5. The topological polar surface area (TPSA) is 32.3 Å². The van der Waals surface area contributed by atoms with Crippen LogP contribution in [0.4, 0.5) is 5.69 Å². The largest absolute Gasteiger partial charge is 0.506 e. The van der Waals surface area contributed by atoms with Crippen LogP contribution < -0.4 is 5.32 Å². The number of phenols is 1. The summed E-state index contributed by atoms with van der Waals surface area (Å²) < 4.78 is 0.724. The molecule has 0 aliphatic rings. The highest BCUT2D eigenvalue weighted by Crippen LogP contribution is 2.28. The molecule has 0 bridgehead atoms. The number of rotatable bonds is 3. The molecule has 2 aromatic carbocycles. The Kier molecular flexibility index (Phi) is 3.92. The van der Waals surface area contributed by atoms with E-state index in [-0.39, 0.29) is 0 Å². The SMILES string of the molecule is Cc1cc(C)cc(NCc2cccc(Br)c2O)c1. The molecule has 0 saturated carbocycles. The number of aryl methyl sites for hydroxylation is 2. The molecule has 0 radical (unpaired) electrons. The van der Waals surface area contributed by atoms with Gasteiger partial charge in [0.2, 0.25) is 0 Å². The molecular formula is C15H16BrNO. The molecule has 0 heterocycles. The van der Waals surface area contributed by atoms with Crippen molar-refractivity contribution >= 4 is 21.6 Å². The van der Waals surface area contributed by atoms with Crippen LogP contribution in [0.2, 0.25) is 0 Å². The molecule has 2 aromatic rings. The first kappa shape index (κ1) is 13.0. The lowest BCUT2D eigenvalue weighted by Gasteiger charge is -2.10. The molecule has 0 aliphatic carbocycles. The highest BCUT2D eigenvalue weighted by atomic mass is 79.9. The highest BCUT2D eigenvalue weighted by molar-refractivity contribution is 9.10. The van der Waals surface area contributed by atoms with Crippen molar-refractivity contribution in [1.29, 1.82) is 0 Å². The Morgan fingerprint density at radius 2 is 1.78 bits per heavy atom. The van der Waals surface area contributed by atoms with Crippen LogP contribution in [0, 0.1) is 13.8 Å². The Labute approximate surface area is 116 Å². The number of halogens is 1. The summed E-state index contributed by atoms with van der Waals surface area (Å²) in [6.07, 6.45) is 0. The molecule has 0 saturated heterocycles. The third-order valence-electron chi connectivity index (χ3n) is 2.77. The van der Waals surface area contributed by atoms with Crippen LogP contribution in [0.5, 0.6) is 5.75 Å². The molecule has 2 nitrogen and oxygen atoms in total. The van der Waals surface area contributed by atoms with Gasteiger partial charge >= 0.3 is 0 Å². The summed E-state index contributed by atoms with van der Waals surface area (Å²) in [7, 11) is 0. The zero-order valence-corrected chi connectivity index (χ0v) is 12.1. The minimum atomic E-state index is 0.300. The van der Waals surface area contributed by atoms with E-state index in [0.717, 1.165) is 15.7 Å². The van der Waals surface area contributed by atoms with E-state index in [1.165, 1.54) is 11.1 Å². The molecule has 0 atom stereocenters. The lowest BCUT2D eigenvalue weighted by atomic mass is 10.1. The monoisotopic (exact) mass is 305 g/mol. The molecular weight excluding hydrogens is 290 g/mol. The summed E-state index contributed by atoms with van der Waals surface area (Å²) >= 11 is 3.32. The van der Waals surface area contributed by atoms with E-state index >= 15 is 0 Å². The second kappa shape index (κ2) is 5.44. The van der Waals surface area contributed by atoms with Gasteiger partial charge in [-0.15, -0.1) is 0 Å². The molecule has 94 valence electrons. The fraction of sp³-hybridized carbons (Fsp3) is 0.200. The van der Waals surface area contributed by atoms with E-state index in [1.807, 2.05) is 18.2 Å². The molecule has 2 N–H and O–H groups in total. The number of para-hydroxylation sites is 1. The summed E-state index contributed by atoms with van der Waals surface area (Å²) in [5.74, 6) is 0.300. The van der Waals surface area contributed by atoms with Gasteiger partial charge in [0.15, 0.2) is 0 Å². The van der Waals surface area contributed by atoms with Gasteiger partial charge in [0, 0.05) is 17.8 Å². The standard InChI is InChI=1S/C15H16BrNO/c1-10-6-11(2)8-13(7-10)17-9-12-4-3-5-14(16)15(12)18/h3-8,17-18H,9H2,1-2H3. The lowest BCUT2D eigenvalue weighted by molar-refractivity contribution is 0.465. The van der Waals surface area contributed by atoms with Crippen LogP contribution in [0.1, 0.15) is 16.7 Å². The van der Waals surface area contributed by atoms with Gasteiger partial charge < -0.3 is 10.4 Å². The third-order valence-corrected chi connectivity index (χ3v) is 3.41. The van der Waals surface area contributed by atoms with Crippen LogP contribution in [0.15, 0.2) is 40.9 Å². The predicted molar refractivity (Wildman–Crippen MR) is 79.0 cm³/mol. The fourth-order valence-corrected chi connectivity index (χ4v) is 2.38. The van der Waals surface area contributed by atoms with Gasteiger partial charge in [-0.2, -0.15) is 0 Å². The maximum absolute atomic E-state index is 9.90. The first-order valence-corrected chi connectivity index (χ1v) is 6.64. The van der Waals surface area contributed by atoms with Crippen molar-refractivity contribution < 1.29 is 5.11 Å². The molecule has 0 spiro atoms. The lowest BCUT2D eigenvalue weighted by Crippen LogP contribution is -2.00. The van der Waals surface area contributed by atoms with Crippen molar-refractivity contribution in [2.75, 3.05) is 5.32 Å². The highest BCUT2D eigenvalue weighted by Gasteiger charge is 2.04. The van der Waals surface area contributed by atoms with Gasteiger partial charge in [-0.1, -0.05) is 18.2 Å². The Morgan fingerprint density at radius 1 is 1.11 bits per heavy atom. The number of aromatic hydroxyl groups is 1. The van der Waals surface area contributed by atoms with Crippen LogP contribution in [0.3, 0.4) is 0 Å². The first-order chi connectivity index (χ1) is 8.56. The van der Waals surface area contributed by atoms with Gasteiger partial charge in [0.1, 0.15) is 5.75 Å². The van der Waals surface area contributed by atoms with Gasteiger partial charge in [-0.25, -0.2) is 0 Å². The number of phenolic OH excluding ortho intramolecular Hbond substituents is 1. The smallest absolute Gasteiger partial charge is 0.134 e. The Hall–Kier alpha value is -1.48. The summed E-state index contributed by atoms with van der Waals surface area (Å²) in [6, 6.07) is 12.0. The van der Waals surface area contributed by atoms with Crippen LogP contribution >= 0.6 is 15.9 Å². The average molecular weight is 306 g/mol. The van der Waals surface area contributed by atoms with Gasteiger partial charge in [0.25, 0.3) is 0 Å². The average Bonchev–Trinajstić information content (AvgIpc) is 2.30. The van der Waals surface area contributed by atoms with E-state index in [0.29, 0.717) is 12.3 Å². The van der Waals surface area contributed by atoms with E-state index < -0.39 is 0 Å². The minimum Gasteiger partial charge on any atom is -0.506 e. The van der Waals surface area contributed by atoms with Gasteiger partial charge in [-0.3, -0.25) is 0 Å². The molecule has 0 fully saturated rings. The van der Waals surface area contributed by atoms with Crippen molar-refractivity contribution in [3.05, 3.63) is 57.6 Å². The fourth-order valence-electron chi connectivity index (χ4n) is 1.98. The van der Waals surface area contributed by atoms with E-state index in [1.54, 1.807) is 0 Å². The van der Waals surface area contributed by atoms with Crippen molar-refractivity contribution in [3.8, 4) is 5.75 Å². The molecule has 0 amide bonds. The molecule has 3 heteroatoms. The van der Waals surface area contributed by atoms with Crippen molar-refractivity contribution in [2.24, 2.45) is 0 Å². The van der Waals surface area contributed by atoms with Gasteiger partial charge in [-0.05, 0) is 59.1 Å². The van der Waals surface area contributed by atoms with E-state index in [9.17, 15) is 5.11 Å². The number of anilines is 1. The second-order valence-electron chi connectivity index (χ2n) is 4.48. The maximum atomic E-state index is 9.90. The van der Waals surface area contributed by atoms with Crippen molar-refractivity contribution in [1.82, 2.24) is 0 Å². The Balaban J connectivity index is 2.14. The first-order valence-electron chi connectivity index (χ1n) is 5.85. The normalized spacial score (nSPS) is 10.4. The van der Waals surface area contributed by atoms with Gasteiger partial charge in [0.05, 0.1) is 4.47 Å². The Morgan fingerprint density at radius 3 is 2.44 bits per heavy atom. The van der Waals surface area contributed by atoms with Crippen LogP contribution in [-0.2, 0) is 6.54 Å². The summed E-state index contributed by atoms with van der Waals surface area (Å²) in [6.45, 7) is 4.76. The van der Waals surface area contributed by atoms with Crippen LogP contribution in [-0.4, -0.2) is 5.11 Å². The second-order valence-corrected chi connectivity index (χ2v) is 5.33. The summed E-state index contributed by atoms with van der Waals surface area (Å²) in [5.41, 5.74) is 4.42. The summed E-state index contributed by atoms with van der Waals surface area (Å²) in [5, 5.41) is 13.2. The Bertz CT molecular complexity index is 546. The minimum absolute atomic E-state index is 0.300. The number of nitrogens with one attached hydrogen (secondary N) is 1. The number of hydrogen-bond donors (Lipinski definition) is 2. The molecule has 0 aromatic heterocycles. The molecule has 0 unspecified atom stereocenters. The third kappa shape index (κ3) is 3.05. The van der Waals surface area contributed by atoms with Crippen LogP contribution in [0.25, 0.3) is 0 Å². The quantitative estimate of drug-likeness (QED) is 0.882. The zero-order chi connectivity index (χ0) is 13.1. The number of hydrogen-bond acceptors (Lipinski definition) is 2. The molecule has 2 rings (SSSR count). The maximum Gasteiger partial charge on any atom is 0.134 e.